The molecule has 7 nitrogen and oxygen atoms in total. The van der Waals surface area contributed by atoms with Gasteiger partial charge < -0.3 is 14.8 Å². The molecule has 2 aromatic carbocycles. The third-order valence-electron chi connectivity index (χ3n) is 3.01. The van der Waals surface area contributed by atoms with E-state index >= 15 is 0 Å². The zero-order valence-corrected chi connectivity index (χ0v) is 13.9. The molecule has 2 aromatic rings. The smallest absolute Gasteiger partial charge is 0.283 e. The van der Waals surface area contributed by atoms with Crippen LogP contribution in [0.3, 0.4) is 0 Å². The summed E-state index contributed by atoms with van der Waals surface area (Å²) in [6.45, 7) is 0. The van der Waals surface area contributed by atoms with Gasteiger partial charge in [0.2, 0.25) is 0 Å². The van der Waals surface area contributed by atoms with Gasteiger partial charge in [-0.2, -0.15) is 0 Å². The molecule has 0 atom stereocenters. The van der Waals surface area contributed by atoms with Crippen molar-refractivity contribution < 1.29 is 19.2 Å². The van der Waals surface area contributed by atoms with Crippen LogP contribution < -0.4 is 14.8 Å². The maximum Gasteiger partial charge on any atom is 0.283 e. The van der Waals surface area contributed by atoms with Crippen LogP contribution in [0.1, 0.15) is 10.4 Å². The molecule has 0 saturated heterocycles. The van der Waals surface area contributed by atoms with Crippen molar-refractivity contribution in [2.24, 2.45) is 0 Å². The maximum absolute atomic E-state index is 12.3. The van der Waals surface area contributed by atoms with Crippen LogP contribution in [0.5, 0.6) is 11.5 Å². The second-order valence-corrected chi connectivity index (χ2v) is 5.39. The van der Waals surface area contributed by atoms with Gasteiger partial charge in [-0.05, 0) is 12.1 Å². The Hall–Kier alpha value is -2.61. The Morgan fingerprint density at radius 1 is 1.13 bits per heavy atom. The van der Waals surface area contributed by atoms with E-state index in [9.17, 15) is 14.9 Å². The predicted molar refractivity (Wildman–Crippen MR) is 88.3 cm³/mol. The molecule has 1 N–H and O–H groups in total. The number of nitro groups is 1. The SMILES string of the molecule is COc1cc(NC(=O)c2ccc(Br)cc2[N+](=O)[O-])cc(OC)c1. The van der Waals surface area contributed by atoms with Crippen LogP contribution in [0.4, 0.5) is 11.4 Å². The first-order valence-electron chi connectivity index (χ1n) is 6.43. The van der Waals surface area contributed by atoms with Crippen LogP contribution in [0.15, 0.2) is 40.9 Å². The van der Waals surface area contributed by atoms with Crippen LogP contribution in [-0.2, 0) is 0 Å². The number of hydrogen-bond donors (Lipinski definition) is 1. The van der Waals surface area contributed by atoms with E-state index in [4.69, 9.17) is 9.47 Å². The van der Waals surface area contributed by atoms with Gasteiger partial charge in [0.05, 0.1) is 19.1 Å². The van der Waals surface area contributed by atoms with Gasteiger partial charge in [0.25, 0.3) is 11.6 Å². The first kappa shape index (κ1) is 16.8. The largest absolute Gasteiger partial charge is 0.497 e. The fraction of sp³-hybridized carbons (Fsp3) is 0.133. The highest BCUT2D eigenvalue weighted by Gasteiger charge is 2.20. The van der Waals surface area contributed by atoms with Crippen molar-refractivity contribution in [1.82, 2.24) is 0 Å². The van der Waals surface area contributed by atoms with Crippen molar-refractivity contribution in [1.29, 1.82) is 0 Å². The third kappa shape index (κ3) is 3.98. The molecule has 0 aromatic heterocycles. The third-order valence-corrected chi connectivity index (χ3v) is 3.50. The molecule has 0 aliphatic heterocycles. The number of halogens is 1. The molecule has 0 fully saturated rings. The number of nitrogens with zero attached hydrogens (tertiary/aromatic N) is 1. The van der Waals surface area contributed by atoms with E-state index in [1.807, 2.05) is 0 Å². The molecular weight excluding hydrogens is 368 g/mol. The van der Waals surface area contributed by atoms with Gasteiger partial charge in [-0.3, -0.25) is 14.9 Å². The van der Waals surface area contributed by atoms with Crippen LogP contribution in [0.2, 0.25) is 0 Å². The Kier molecular flexibility index (Phi) is 5.17. The lowest BCUT2D eigenvalue weighted by Crippen LogP contribution is -2.14. The number of anilines is 1. The number of amides is 1. The molecule has 0 saturated carbocycles. The van der Waals surface area contributed by atoms with Crippen LogP contribution >= 0.6 is 15.9 Å². The molecule has 2 rings (SSSR count). The first-order valence-corrected chi connectivity index (χ1v) is 7.22. The van der Waals surface area contributed by atoms with Crippen LogP contribution in [-0.4, -0.2) is 25.1 Å². The molecule has 1 amide bonds. The van der Waals surface area contributed by atoms with E-state index in [0.717, 1.165) is 0 Å². The number of nitrogens with one attached hydrogen (secondary N) is 1. The summed E-state index contributed by atoms with van der Waals surface area (Å²) in [7, 11) is 2.97. The van der Waals surface area contributed by atoms with Crippen molar-refractivity contribution in [2.75, 3.05) is 19.5 Å². The molecule has 0 unspecified atom stereocenters. The Balaban J connectivity index is 2.34. The van der Waals surface area contributed by atoms with Gasteiger partial charge in [0, 0.05) is 34.4 Å². The highest BCUT2D eigenvalue weighted by atomic mass is 79.9. The Morgan fingerprint density at radius 3 is 2.26 bits per heavy atom. The lowest BCUT2D eigenvalue weighted by molar-refractivity contribution is -0.385. The van der Waals surface area contributed by atoms with E-state index in [1.54, 1.807) is 24.3 Å². The second-order valence-electron chi connectivity index (χ2n) is 4.47. The standard InChI is InChI=1S/C15H13BrN2O5/c1-22-11-6-10(7-12(8-11)23-2)17-15(19)13-4-3-9(16)5-14(13)18(20)21/h3-8H,1-2H3,(H,17,19). The number of carbonyl (C=O) groups is 1. The van der Waals surface area contributed by atoms with Crippen molar-refractivity contribution in [3.8, 4) is 11.5 Å². The number of hydrogen-bond acceptors (Lipinski definition) is 5. The van der Waals surface area contributed by atoms with E-state index in [0.29, 0.717) is 21.7 Å². The zero-order chi connectivity index (χ0) is 17.0. The van der Waals surface area contributed by atoms with Gasteiger partial charge in [0.1, 0.15) is 17.1 Å². The minimum Gasteiger partial charge on any atom is -0.497 e. The lowest BCUT2D eigenvalue weighted by Gasteiger charge is -2.10. The highest BCUT2D eigenvalue weighted by Crippen LogP contribution is 2.28. The minimum absolute atomic E-state index is 0.0417. The van der Waals surface area contributed by atoms with Crippen molar-refractivity contribution in [3.63, 3.8) is 0 Å². The molecule has 120 valence electrons. The fourth-order valence-corrected chi connectivity index (χ4v) is 2.27. The number of rotatable bonds is 5. The topological polar surface area (TPSA) is 90.7 Å². The Morgan fingerprint density at radius 2 is 1.74 bits per heavy atom. The summed E-state index contributed by atoms with van der Waals surface area (Å²) in [6, 6.07) is 9.05. The number of carbonyl (C=O) groups excluding carboxylic acids is 1. The fourth-order valence-electron chi connectivity index (χ4n) is 1.93. The van der Waals surface area contributed by atoms with Gasteiger partial charge in [0.15, 0.2) is 0 Å². The second kappa shape index (κ2) is 7.10. The van der Waals surface area contributed by atoms with Crippen LogP contribution in [0.25, 0.3) is 0 Å². The summed E-state index contributed by atoms with van der Waals surface area (Å²) < 4.78 is 10.8. The molecular formula is C15H13BrN2O5. The Labute approximate surface area is 140 Å². The number of ether oxygens (including phenoxy) is 2. The molecule has 23 heavy (non-hydrogen) atoms. The zero-order valence-electron chi connectivity index (χ0n) is 12.3. The predicted octanol–water partition coefficient (Wildman–Crippen LogP) is 3.63. The van der Waals surface area contributed by atoms with Crippen molar-refractivity contribution >= 4 is 33.2 Å². The first-order chi connectivity index (χ1) is 10.9. The van der Waals surface area contributed by atoms with Gasteiger partial charge in [-0.15, -0.1) is 0 Å². The average molecular weight is 381 g/mol. The van der Waals surface area contributed by atoms with Crippen molar-refractivity contribution in [2.45, 2.75) is 0 Å². The number of nitro benzene ring substituents is 1. The van der Waals surface area contributed by atoms with E-state index in [-0.39, 0.29) is 11.3 Å². The number of benzene rings is 2. The van der Waals surface area contributed by atoms with Gasteiger partial charge in [-0.1, -0.05) is 15.9 Å². The highest BCUT2D eigenvalue weighted by molar-refractivity contribution is 9.10. The minimum atomic E-state index is -0.605. The summed E-state index contributed by atoms with van der Waals surface area (Å²) in [5, 5.41) is 13.7. The molecule has 0 heterocycles. The quantitative estimate of drug-likeness (QED) is 0.631. The van der Waals surface area contributed by atoms with Gasteiger partial charge in [-0.25, -0.2) is 0 Å². The summed E-state index contributed by atoms with van der Waals surface area (Å²) >= 11 is 3.15. The monoisotopic (exact) mass is 380 g/mol. The van der Waals surface area contributed by atoms with E-state index < -0.39 is 10.8 Å². The maximum atomic E-state index is 12.3. The molecule has 8 heteroatoms. The van der Waals surface area contributed by atoms with E-state index in [1.165, 1.54) is 26.4 Å². The molecule has 0 aliphatic rings. The molecule has 0 radical (unpaired) electrons. The van der Waals surface area contributed by atoms with Crippen molar-refractivity contribution in [3.05, 3.63) is 56.5 Å². The lowest BCUT2D eigenvalue weighted by atomic mass is 10.1. The molecule has 0 spiro atoms. The average Bonchev–Trinajstić information content (AvgIpc) is 2.54. The normalized spacial score (nSPS) is 10.0. The van der Waals surface area contributed by atoms with Crippen LogP contribution in [0, 0.1) is 10.1 Å². The summed E-state index contributed by atoms with van der Waals surface area (Å²) in [4.78, 5) is 22.8. The summed E-state index contributed by atoms with van der Waals surface area (Å²) in [5.41, 5.74) is 0.0788. The summed E-state index contributed by atoms with van der Waals surface area (Å²) in [6.07, 6.45) is 0. The Bertz CT molecular complexity index is 741. The van der Waals surface area contributed by atoms with E-state index in [2.05, 4.69) is 21.2 Å². The molecule has 0 aliphatic carbocycles. The summed E-state index contributed by atoms with van der Waals surface area (Å²) in [5.74, 6) is 0.384. The molecule has 0 bridgehead atoms. The number of methoxy groups -OCH3 is 2. The van der Waals surface area contributed by atoms with Gasteiger partial charge >= 0.3 is 0 Å².